The van der Waals surface area contributed by atoms with Gasteiger partial charge in [-0.05, 0) is 48.9 Å². The molecule has 2 rings (SSSR count). The number of esters is 1. The first-order valence-electron chi connectivity index (χ1n) is 7.38. The van der Waals surface area contributed by atoms with Gasteiger partial charge >= 0.3 is 5.97 Å². The molecular formula is C18H18FNO4. The summed E-state index contributed by atoms with van der Waals surface area (Å²) in [5, 5.41) is 2.67. The second kappa shape index (κ2) is 8.10. The summed E-state index contributed by atoms with van der Waals surface area (Å²) < 4.78 is 23.1. The predicted molar refractivity (Wildman–Crippen MR) is 87.8 cm³/mol. The predicted octanol–water partition coefficient (Wildman–Crippen LogP) is 3.48. The highest BCUT2D eigenvalue weighted by atomic mass is 19.1. The molecule has 1 N–H and O–H groups in total. The van der Waals surface area contributed by atoms with Crippen LogP contribution in [-0.4, -0.2) is 19.0 Å². The first kappa shape index (κ1) is 17.5. The van der Waals surface area contributed by atoms with Crippen molar-refractivity contribution < 1.29 is 23.1 Å². The summed E-state index contributed by atoms with van der Waals surface area (Å²) in [6.07, 6.45) is 3.51. The van der Waals surface area contributed by atoms with Crippen LogP contribution in [0.5, 0.6) is 0 Å². The van der Waals surface area contributed by atoms with Crippen LogP contribution in [0.2, 0.25) is 0 Å². The van der Waals surface area contributed by atoms with Crippen LogP contribution in [0.15, 0.2) is 40.8 Å². The molecule has 24 heavy (non-hydrogen) atoms. The van der Waals surface area contributed by atoms with E-state index in [2.05, 4.69) is 10.1 Å². The molecule has 1 aromatic heterocycles. The first-order chi connectivity index (χ1) is 11.5. The van der Waals surface area contributed by atoms with E-state index in [1.807, 2.05) is 0 Å². The lowest BCUT2D eigenvalue weighted by Crippen LogP contribution is -2.08. The molecule has 0 spiro atoms. The Bertz CT molecular complexity index is 764. The van der Waals surface area contributed by atoms with Gasteiger partial charge < -0.3 is 14.5 Å². The molecule has 0 bridgehead atoms. The van der Waals surface area contributed by atoms with Gasteiger partial charge in [-0.25, -0.2) is 4.39 Å². The van der Waals surface area contributed by atoms with Crippen LogP contribution in [0, 0.1) is 12.7 Å². The minimum absolute atomic E-state index is 0.234. The molecule has 0 saturated carbocycles. The number of ether oxygens (including phenoxy) is 1. The van der Waals surface area contributed by atoms with Gasteiger partial charge in [0.2, 0.25) is 5.91 Å². The largest absolute Gasteiger partial charge is 0.469 e. The van der Waals surface area contributed by atoms with Crippen molar-refractivity contribution in [3.05, 3.63) is 59.3 Å². The van der Waals surface area contributed by atoms with Crippen LogP contribution in [0.3, 0.4) is 0 Å². The van der Waals surface area contributed by atoms with Crippen molar-refractivity contribution >= 4 is 23.6 Å². The highest BCUT2D eigenvalue weighted by molar-refractivity contribution is 6.02. The quantitative estimate of drug-likeness (QED) is 0.650. The van der Waals surface area contributed by atoms with Crippen LogP contribution in [-0.2, 0) is 20.7 Å². The maximum Gasteiger partial charge on any atom is 0.305 e. The number of benzene rings is 1. The summed E-state index contributed by atoms with van der Waals surface area (Å²) in [5.74, 6) is 0.126. The van der Waals surface area contributed by atoms with Gasteiger partial charge in [0.05, 0.1) is 13.5 Å². The number of nitrogens with one attached hydrogen (secondary N) is 1. The summed E-state index contributed by atoms with van der Waals surface area (Å²) in [4.78, 5) is 23.0. The fourth-order valence-electron chi connectivity index (χ4n) is 2.05. The van der Waals surface area contributed by atoms with Gasteiger partial charge in [-0.2, -0.15) is 0 Å². The monoisotopic (exact) mass is 331 g/mol. The third-order valence-corrected chi connectivity index (χ3v) is 3.33. The number of methoxy groups -OCH3 is 1. The third kappa shape index (κ3) is 5.08. The second-order valence-electron chi connectivity index (χ2n) is 5.16. The fraction of sp³-hybridized carbons (Fsp3) is 0.222. The molecule has 1 amide bonds. The SMILES string of the molecule is COC(=O)CCc1ccc(/C=C/C(=O)Nc2ccc(F)cc2C)o1. The molecule has 0 aliphatic heterocycles. The molecule has 5 nitrogen and oxygen atoms in total. The van der Waals surface area contributed by atoms with E-state index in [0.29, 0.717) is 29.2 Å². The van der Waals surface area contributed by atoms with Gasteiger partial charge in [0, 0.05) is 18.2 Å². The van der Waals surface area contributed by atoms with E-state index < -0.39 is 0 Å². The van der Waals surface area contributed by atoms with Crippen LogP contribution in [0.1, 0.15) is 23.5 Å². The second-order valence-corrected chi connectivity index (χ2v) is 5.16. The Labute approximate surface area is 139 Å². The summed E-state index contributed by atoms with van der Waals surface area (Å²) in [6.45, 7) is 1.71. The third-order valence-electron chi connectivity index (χ3n) is 3.33. The average molecular weight is 331 g/mol. The molecule has 0 aliphatic carbocycles. The van der Waals surface area contributed by atoms with Gasteiger partial charge in [-0.15, -0.1) is 0 Å². The molecule has 2 aromatic rings. The van der Waals surface area contributed by atoms with Crippen LogP contribution in [0.4, 0.5) is 10.1 Å². The lowest BCUT2D eigenvalue weighted by molar-refractivity contribution is -0.140. The van der Waals surface area contributed by atoms with E-state index in [4.69, 9.17) is 4.42 Å². The zero-order valence-electron chi connectivity index (χ0n) is 13.5. The molecule has 0 fully saturated rings. The maximum atomic E-state index is 13.0. The van der Waals surface area contributed by atoms with E-state index in [0.717, 1.165) is 0 Å². The van der Waals surface area contributed by atoms with Gasteiger partial charge in [-0.1, -0.05) is 0 Å². The Kier molecular flexibility index (Phi) is 5.89. The van der Waals surface area contributed by atoms with E-state index >= 15 is 0 Å². The van der Waals surface area contributed by atoms with Crippen molar-refractivity contribution in [3.63, 3.8) is 0 Å². The van der Waals surface area contributed by atoms with Gasteiger partial charge in [0.1, 0.15) is 17.3 Å². The number of halogens is 1. The minimum atomic E-state index is -0.351. The minimum Gasteiger partial charge on any atom is -0.469 e. The van der Waals surface area contributed by atoms with Crippen molar-refractivity contribution in [2.75, 3.05) is 12.4 Å². The van der Waals surface area contributed by atoms with E-state index in [1.165, 1.54) is 37.5 Å². The van der Waals surface area contributed by atoms with Crippen molar-refractivity contribution in [1.82, 2.24) is 0 Å². The molecular weight excluding hydrogens is 313 g/mol. The van der Waals surface area contributed by atoms with Crippen molar-refractivity contribution in [2.45, 2.75) is 19.8 Å². The van der Waals surface area contributed by atoms with Gasteiger partial charge in [0.15, 0.2) is 0 Å². The fourth-order valence-corrected chi connectivity index (χ4v) is 2.05. The van der Waals surface area contributed by atoms with Crippen LogP contribution in [0.25, 0.3) is 6.08 Å². The number of carbonyl (C=O) groups excluding carboxylic acids is 2. The molecule has 0 radical (unpaired) electrons. The number of hydrogen-bond donors (Lipinski definition) is 1. The Morgan fingerprint density at radius 1 is 1.29 bits per heavy atom. The molecule has 126 valence electrons. The zero-order chi connectivity index (χ0) is 17.5. The normalized spacial score (nSPS) is 10.8. The Balaban J connectivity index is 1.91. The molecule has 6 heteroatoms. The number of amides is 1. The highest BCUT2D eigenvalue weighted by Gasteiger charge is 2.06. The molecule has 1 aromatic carbocycles. The molecule has 1 heterocycles. The van der Waals surface area contributed by atoms with E-state index in [-0.39, 0.29) is 24.1 Å². The average Bonchev–Trinajstić information content (AvgIpc) is 3.01. The van der Waals surface area contributed by atoms with Crippen LogP contribution < -0.4 is 5.32 Å². The molecule has 0 aliphatic rings. The topological polar surface area (TPSA) is 68.5 Å². The number of aryl methyl sites for hydroxylation is 2. The highest BCUT2D eigenvalue weighted by Crippen LogP contribution is 2.16. The number of carbonyl (C=O) groups is 2. The lowest BCUT2D eigenvalue weighted by Gasteiger charge is -2.05. The number of rotatable bonds is 6. The smallest absolute Gasteiger partial charge is 0.305 e. The zero-order valence-corrected chi connectivity index (χ0v) is 13.5. The van der Waals surface area contributed by atoms with Gasteiger partial charge in [-0.3, -0.25) is 9.59 Å². The lowest BCUT2D eigenvalue weighted by atomic mass is 10.2. The number of anilines is 1. The van der Waals surface area contributed by atoms with E-state index in [9.17, 15) is 14.0 Å². The number of furan rings is 1. The van der Waals surface area contributed by atoms with Crippen LogP contribution >= 0.6 is 0 Å². The summed E-state index contributed by atoms with van der Waals surface area (Å²) >= 11 is 0. The summed E-state index contributed by atoms with van der Waals surface area (Å²) in [6, 6.07) is 7.59. The Morgan fingerprint density at radius 3 is 2.79 bits per heavy atom. The molecule has 0 atom stereocenters. The standard InChI is InChI=1S/C18H18FNO4/c1-12-11-13(19)3-8-16(12)20-17(21)9-6-14-4-5-15(24-14)7-10-18(22)23-2/h3-6,8-9,11H,7,10H2,1-2H3,(H,20,21)/b9-6+. The first-order valence-corrected chi connectivity index (χ1v) is 7.38. The Hall–Kier alpha value is -2.89. The summed E-state index contributed by atoms with van der Waals surface area (Å²) in [7, 11) is 1.33. The van der Waals surface area contributed by atoms with Gasteiger partial charge in [0.25, 0.3) is 0 Å². The molecule has 0 saturated heterocycles. The van der Waals surface area contributed by atoms with Crippen molar-refractivity contribution in [1.29, 1.82) is 0 Å². The Morgan fingerprint density at radius 2 is 2.08 bits per heavy atom. The van der Waals surface area contributed by atoms with Crippen molar-refractivity contribution in [2.24, 2.45) is 0 Å². The number of hydrogen-bond acceptors (Lipinski definition) is 4. The maximum absolute atomic E-state index is 13.0. The summed E-state index contributed by atoms with van der Waals surface area (Å²) in [5.41, 5.74) is 1.18. The van der Waals surface area contributed by atoms with E-state index in [1.54, 1.807) is 19.1 Å². The molecule has 0 unspecified atom stereocenters. The van der Waals surface area contributed by atoms with Crippen molar-refractivity contribution in [3.8, 4) is 0 Å².